The first kappa shape index (κ1) is 19.5. The summed E-state index contributed by atoms with van der Waals surface area (Å²) in [6.45, 7) is 1.91. The van der Waals surface area contributed by atoms with Gasteiger partial charge in [0, 0.05) is 12.6 Å². The number of aryl methyl sites for hydroxylation is 1. The van der Waals surface area contributed by atoms with Crippen molar-refractivity contribution in [1.29, 1.82) is 0 Å². The number of hydrogen-bond acceptors (Lipinski definition) is 3. The molecule has 28 heavy (non-hydrogen) atoms. The minimum atomic E-state index is -3.76. The highest BCUT2D eigenvalue weighted by Gasteiger charge is 2.25. The van der Waals surface area contributed by atoms with Crippen LogP contribution in [-0.2, 0) is 10.0 Å². The third-order valence-electron chi connectivity index (χ3n) is 4.33. The summed E-state index contributed by atoms with van der Waals surface area (Å²) in [6.07, 6.45) is 0. The van der Waals surface area contributed by atoms with E-state index in [1.165, 1.54) is 18.5 Å². The van der Waals surface area contributed by atoms with E-state index in [0.29, 0.717) is 17.0 Å². The van der Waals surface area contributed by atoms with Crippen LogP contribution in [0.3, 0.4) is 0 Å². The second-order valence-electron chi connectivity index (χ2n) is 6.26. The Morgan fingerprint density at radius 3 is 2.18 bits per heavy atom. The molecule has 5 heteroatoms. The summed E-state index contributed by atoms with van der Waals surface area (Å²) in [7, 11) is -0.733. The van der Waals surface area contributed by atoms with Crippen LogP contribution in [0.1, 0.15) is 16.7 Å². The van der Waals surface area contributed by atoms with Gasteiger partial charge in [0.05, 0.1) is 17.6 Å². The third kappa shape index (κ3) is 4.03. The van der Waals surface area contributed by atoms with Gasteiger partial charge in [0.1, 0.15) is 11.4 Å². The number of sulfonamides is 1. The summed E-state index contributed by atoms with van der Waals surface area (Å²) in [5, 5.41) is 0. The molecule has 0 aliphatic heterocycles. The minimum absolute atomic E-state index is 0.216. The van der Waals surface area contributed by atoms with Gasteiger partial charge in [-0.25, -0.2) is 8.42 Å². The zero-order chi connectivity index (χ0) is 20.1. The van der Waals surface area contributed by atoms with E-state index in [2.05, 4.69) is 11.8 Å². The highest BCUT2D eigenvalue weighted by Crippen LogP contribution is 2.34. The first-order valence-electron chi connectivity index (χ1n) is 8.73. The molecule has 0 aliphatic rings. The fourth-order valence-electron chi connectivity index (χ4n) is 2.76. The van der Waals surface area contributed by atoms with E-state index in [1.54, 1.807) is 42.5 Å². The molecule has 142 valence electrons. The monoisotopic (exact) mass is 391 g/mol. The van der Waals surface area contributed by atoms with Gasteiger partial charge in [0.2, 0.25) is 0 Å². The minimum Gasteiger partial charge on any atom is -0.495 e. The predicted octanol–water partition coefficient (Wildman–Crippen LogP) is 4.23. The zero-order valence-corrected chi connectivity index (χ0v) is 16.8. The molecule has 3 aromatic rings. The zero-order valence-electron chi connectivity index (χ0n) is 16.0. The number of hydrogen-bond donors (Lipinski definition) is 0. The average Bonchev–Trinajstić information content (AvgIpc) is 2.72. The molecule has 3 aromatic carbocycles. The number of para-hydroxylation sites is 1. The molecular weight excluding hydrogens is 370 g/mol. The van der Waals surface area contributed by atoms with Crippen molar-refractivity contribution in [3.05, 3.63) is 89.5 Å². The van der Waals surface area contributed by atoms with Crippen LogP contribution < -0.4 is 9.04 Å². The lowest BCUT2D eigenvalue weighted by Crippen LogP contribution is -2.27. The van der Waals surface area contributed by atoms with Crippen molar-refractivity contribution in [3.63, 3.8) is 0 Å². The Kier molecular flexibility index (Phi) is 5.72. The van der Waals surface area contributed by atoms with Crippen molar-refractivity contribution in [2.75, 3.05) is 18.5 Å². The molecule has 0 radical (unpaired) electrons. The molecule has 0 heterocycles. The maximum atomic E-state index is 13.2. The Labute approximate surface area is 166 Å². The van der Waals surface area contributed by atoms with Crippen LogP contribution in [0, 0.1) is 18.8 Å². The number of benzene rings is 3. The van der Waals surface area contributed by atoms with Crippen molar-refractivity contribution < 1.29 is 13.2 Å². The summed E-state index contributed by atoms with van der Waals surface area (Å²) in [5.74, 6) is 6.60. The molecule has 0 aromatic heterocycles. The van der Waals surface area contributed by atoms with Gasteiger partial charge in [-0.05, 0) is 43.3 Å². The number of methoxy groups -OCH3 is 1. The van der Waals surface area contributed by atoms with Crippen molar-refractivity contribution in [3.8, 4) is 17.6 Å². The summed E-state index contributed by atoms with van der Waals surface area (Å²) in [4.78, 5) is 0.216. The van der Waals surface area contributed by atoms with Gasteiger partial charge < -0.3 is 4.74 Å². The molecule has 0 fully saturated rings. The van der Waals surface area contributed by atoms with Crippen LogP contribution in [0.2, 0.25) is 0 Å². The SMILES string of the molecule is COc1cccc(C#Cc2ccccc2)c1N(C)S(=O)(=O)c1ccc(C)cc1. The lowest BCUT2D eigenvalue weighted by Gasteiger charge is -2.23. The maximum Gasteiger partial charge on any atom is 0.264 e. The summed E-state index contributed by atoms with van der Waals surface area (Å²) < 4.78 is 33.0. The Hall–Kier alpha value is -3.23. The quantitative estimate of drug-likeness (QED) is 0.626. The Bertz CT molecular complexity index is 1130. The standard InChI is InChI=1S/C23H21NO3S/c1-18-12-16-21(17-13-18)28(25,26)24(2)23-20(10-7-11-22(23)27-3)15-14-19-8-5-4-6-9-19/h4-13,16-17H,1-3H3. The van der Waals surface area contributed by atoms with Gasteiger partial charge in [-0.3, -0.25) is 4.31 Å². The molecule has 0 spiro atoms. The largest absolute Gasteiger partial charge is 0.495 e. The fourth-order valence-corrected chi connectivity index (χ4v) is 3.99. The van der Waals surface area contributed by atoms with E-state index in [4.69, 9.17) is 4.74 Å². The Morgan fingerprint density at radius 2 is 1.54 bits per heavy atom. The molecule has 0 bridgehead atoms. The number of rotatable bonds is 4. The first-order valence-corrected chi connectivity index (χ1v) is 10.2. The van der Waals surface area contributed by atoms with E-state index >= 15 is 0 Å². The molecular formula is C23H21NO3S. The van der Waals surface area contributed by atoms with Gasteiger partial charge in [0.15, 0.2) is 0 Å². The Balaban J connectivity index is 2.10. The normalized spacial score (nSPS) is 10.7. The molecule has 0 N–H and O–H groups in total. The van der Waals surface area contributed by atoms with Crippen LogP contribution in [-0.4, -0.2) is 22.6 Å². The van der Waals surface area contributed by atoms with Crippen LogP contribution in [0.4, 0.5) is 5.69 Å². The molecule has 0 saturated carbocycles. The van der Waals surface area contributed by atoms with Gasteiger partial charge in [-0.2, -0.15) is 0 Å². The maximum absolute atomic E-state index is 13.2. The summed E-state index contributed by atoms with van der Waals surface area (Å²) >= 11 is 0. The molecule has 0 amide bonds. The van der Waals surface area contributed by atoms with Crippen molar-refractivity contribution in [2.45, 2.75) is 11.8 Å². The van der Waals surface area contributed by atoms with E-state index in [9.17, 15) is 8.42 Å². The van der Waals surface area contributed by atoms with Crippen LogP contribution >= 0.6 is 0 Å². The van der Waals surface area contributed by atoms with Gasteiger partial charge in [-0.15, -0.1) is 0 Å². The van der Waals surface area contributed by atoms with Gasteiger partial charge in [0.25, 0.3) is 10.0 Å². The Morgan fingerprint density at radius 1 is 0.857 bits per heavy atom. The second kappa shape index (κ2) is 8.20. The van der Waals surface area contributed by atoms with Gasteiger partial charge >= 0.3 is 0 Å². The fraction of sp³-hybridized carbons (Fsp3) is 0.130. The van der Waals surface area contributed by atoms with E-state index < -0.39 is 10.0 Å². The van der Waals surface area contributed by atoms with E-state index in [1.807, 2.05) is 37.3 Å². The number of anilines is 1. The highest BCUT2D eigenvalue weighted by molar-refractivity contribution is 7.92. The number of ether oxygens (including phenoxy) is 1. The second-order valence-corrected chi connectivity index (χ2v) is 8.23. The van der Waals surface area contributed by atoms with E-state index in [-0.39, 0.29) is 4.90 Å². The van der Waals surface area contributed by atoms with Crippen LogP contribution in [0.15, 0.2) is 77.7 Å². The van der Waals surface area contributed by atoms with Crippen molar-refractivity contribution in [2.24, 2.45) is 0 Å². The average molecular weight is 391 g/mol. The lowest BCUT2D eigenvalue weighted by molar-refractivity contribution is 0.415. The molecule has 4 nitrogen and oxygen atoms in total. The molecule has 0 atom stereocenters. The molecule has 0 unspecified atom stereocenters. The number of nitrogens with zero attached hydrogens (tertiary/aromatic N) is 1. The van der Waals surface area contributed by atoms with Gasteiger partial charge in [-0.1, -0.05) is 53.8 Å². The predicted molar refractivity (Wildman–Crippen MR) is 112 cm³/mol. The first-order chi connectivity index (χ1) is 13.4. The molecule has 3 rings (SSSR count). The third-order valence-corrected chi connectivity index (χ3v) is 6.10. The molecule has 0 aliphatic carbocycles. The topological polar surface area (TPSA) is 46.6 Å². The summed E-state index contributed by atoms with van der Waals surface area (Å²) in [5.41, 5.74) is 2.82. The van der Waals surface area contributed by atoms with Crippen molar-refractivity contribution in [1.82, 2.24) is 0 Å². The lowest BCUT2D eigenvalue weighted by atomic mass is 10.1. The molecule has 0 saturated heterocycles. The summed E-state index contributed by atoms with van der Waals surface area (Å²) in [6, 6.07) is 21.6. The van der Waals surface area contributed by atoms with Crippen LogP contribution in [0.25, 0.3) is 0 Å². The van der Waals surface area contributed by atoms with E-state index in [0.717, 1.165) is 11.1 Å². The smallest absolute Gasteiger partial charge is 0.264 e. The highest BCUT2D eigenvalue weighted by atomic mass is 32.2. The van der Waals surface area contributed by atoms with Crippen LogP contribution in [0.5, 0.6) is 5.75 Å². The van der Waals surface area contributed by atoms with Crippen molar-refractivity contribution >= 4 is 15.7 Å².